The van der Waals surface area contributed by atoms with Crippen molar-refractivity contribution < 1.29 is 9.53 Å². The van der Waals surface area contributed by atoms with Crippen molar-refractivity contribution in [2.24, 2.45) is 0 Å². The summed E-state index contributed by atoms with van der Waals surface area (Å²) in [5.74, 6) is -0.0647. The molecular formula is C14H18N6O2. The molecule has 2 aromatic rings. The summed E-state index contributed by atoms with van der Waals surface area (Å²) in [6.07, 6.45) is 5.57. The molecule has 8 heteroatoms. The monoisotopic (exact) mass is 302 g/mol. The van der Waals surface area contributed by atoms with Gasteiger partial charge in [0.1, 0.15) is 11.4 Å². The second-order valence-electron chi connectivity index (χ2n) is 5.06. The third-order valence-electron chi connectivity index (χ3n) is 3.55. The molecule has 0 bridgehead atoms. The minimum Gasteiger partial charge on any atom is -0.371 e. The molecule has 3 heterocycles. The molecule has 0 radical (unpaired) electrons. The maximum atomic E-state index is 12.5. The first-order valence-electron chi connectivity index (χ1n) is 7.17. The summed E-state index contributed by atoms with van der Waals surface area (Å²) in [6.45, 7) is 6.34. The number of aryl methyl sites for hydroxylation is 1. The van der Waals surface area contributed by atoms with Crippen LogP contribution in [0.5, 0.6) is 0 Å². The molecule has 1 aliphatic rings. The Morgan fingerprint density at radius 1 is 1.50 bits per heavy atom. The van der Waals surface area contributed by atoms with Crippen molar-refractivity contribution in [3.63, 3.8) is 0 Å². The van der Waals surface area contributed by atoms with Gasteiger partial charge in [0.2, 0.25) is 0 Å². The van der Waals surface area contributed by atoms with Crippen LogP contribution in [0.1, 0.15) is 28.3 Å². The minimum atomic E-state index is -0.0647. The number of rotatable bonds is 5. The van der Waals surface area contributed by atoms with Crippen molar-refractivity contribution in [3.05, 3.63) is 42.3 Å². The number of imidazole rings is 1. The highest BCUT2D eigenvalue weighted by Gasteiger charge is 2.24. The van der Waals surface area contributed by atoms with E-state index >= 15 is 0 Å². The first-order valence-corrected chi connectivity index (χ1v) is 7.17. The molecule has 0 saturated heterocycles. The molecule has 0 aliphatic carbocycles. The number of aromatic nitrogens is 5. The number of carbonyl (C=O) groups excluding carboxylic acids is 1. The molecule has 1 aliphatic heterocycles. The van der Waals surface area contributed by atoms with Gasteiger partial charge in [-0.2, -0.15) is 0 Å². The summed E-state index contributed by atoms with van der Waals surface area (Å²) < 4.78 is 7.30. The van der Waals surface area contributed by atoms with Gasteiger partial charge in [0.25, 0.3) is 5.91 Å². The summed E-state index contributed by atoms with van der Waals surface area (Å²) in [5.41, 5.74) is 2.19. The van der Waals surface area contributed by atoms with Gasteiger partial charge in [-0.1, -0.05) is 11.3 Å². The zero-order valence-electron chi connectivity index (χ0n) is 12.2. The SMILES string of the molecule is C=CCOCc1nnn2c1CN(C(=O)c1cnc[nH]1)CCC2. The van der Waals surface area contributed by atoms with Crippen molar-refractivity contribution in [2.45, 2.75) is 26.1 Å². The fraction of sp³-hybridized carbons (Fsp3) is 0.429. The van der Waals surface area contributed by atoms with E-state index in [4.69, 9.17) is 4.74 Å². The molecule has 0 aromatic carbocycles. The standard InChI is InChI=1S/C14H18N6O2/c1-2-6-22-9-12-13-8-19(4-3-5-20(13)18-17-12)14(21)11-7-15-10-16-11/h2,7,10H,1,3-6,8-9H2,(H,15,16). The van der Waals surface area contributed by atoms with Crippen LogP contribution in [0.25, 0.3) is 0 Å². The fourth-order valence-electron chi connectivity index (χ4n) is 2.46. The fourth-order valence-corrected chi connectivity index (χ4v) is 2.46. The van der Waals surface area contributed by atoms with E-state index in [1.54, 1.807) is 11.0 Å². The van der Waals surface area contributed by atoms with Crippen LogP contribution in [-0.2, 0) is 24.4 Å². The average Bonchev–Trinajstić information content (AvgIpc) is 3.13. The molecule has 116 valence electrons. The molecule has 2 aromatic heterocycles. The van der Waals surface area contributed by atoms with Crippen LogP contribution < -0.4 is 0 Å². The molecule has 0 unspecified atom stereocenters. The highest BCUT2D eigenvalue weighted by Crippen LogP contribution is 2.17. The van der Waals surface area contributed by atoms with Crippen molar-refractivity contribution in [3.8, 4) is 0 Å². The molecule has 22 heavy (non-hydrogen) atoms. The third kappa shape index (κ3) is 2.91. The molecular weight excluding hydrogens is 284 g/mol. The number of carbonyl (C=O) groups is 1. The lowest BCUT2D eigenvalue weighted by molar-refractivity contribution is 0.0738. The second-order valence-corrected chi connectivity index (χ2v) is 5.06. The highest BCUT2D eigenvalue weighted by molar-refractivity contribution is 5.92. The van der Waals surface area contributed by atoms with Crippen LogP contribution in [0.3, 0.4) is 0 Å². The molecule has 3 rings (SSSR count). The average molecular weight is 302 g/mol. The lowest BCUT2D eigenvalue weighted by Crippen LogP contribution is -2.31. The van der Waals surface area contributed by atoms with Crippen LogP contribution in [0, 0.1) is 0 Å². The number of ether oxygens (including phenoxy) is 1. The molecule has 1 amide bonds. The van der Waals surface area contributed by atoms with E-state index in [9.17, 15) is 4.79 Å². The van der Waals surface area contributed by atoms with Crippen LogP contribution in [0.4, 0.5) is 0 Å². The quantitative estimate of drug-likeness (QED) is 0.650. The number of hydrogen-bond acceptors (Lipinski definition) is 5. The Morgan fingerprint density at radius 2 is 2.41 bits per heavy atom. The van der Waals surface area contributed by atoms with Gasteiger partial charge in [-0.05, 0) is 6.42 Å². The van der Waals surface area contributed by atoms with E-state index in [-0.39, 0.29) is 5.91 Å². The minimum absolute atomic E-state index is 0.0647. The van der Waals surface area contributed by atoms with Crippen LogP contribution in [0.2, 0.25) is 0 Å². The summed E-state index contributed by atoms with van der Waals surface area (Å²) in [5, 5.41) is 8.32. The van der Waals surface area contributed by atoms with Crippen LogP contribution in [0.15, 0.2) is 25.2 Å². The highest BCUT2D eigenvalue weighted by atomic mass is 16.5. The van der Waals surface area contributed by atoms with E-state index in [0.29, 0.717) is 32.0 Å². The molecule has 0 fully saturated rings. The predicted octanol–water partition coefficient (Wildman–Crippen LogP) is 0.750. The zero-order valence-corrected chi connectivity index (χ0v) is 12.2. The number of nitrogens with one attached hydrogen (secondary N) is 1. The third-order valence-corrected chi connectivity index (χ3v) is 3.55. The van der Waals surface area contributed by atoms with Crippen molar-refractivity contribution in [1.29, 1.82) is 0 Å². The van der Waals surface area contributed by atoms with E-state index < -0.39 is 0 Å². The Labute approximate surface area is 127 Å². The van der Waals surface area contributed by atoms with Crippen LogP contribution >= 0.6 is 0 Å². The van der Waals surface area contributed by atoms with Crippen molar-refractivity contribution in [2.75, 3.05) is 13.2 Å². The van der Waals surface area contributed by atoms with Gasteiger partial charge in [0, 0.05) is 13.1 Å². The van der Waals surface area contributed by atoms with Gasteiger partial charge >= 0.3 is 0 Å². The Balaban J connectivity index is 1.77. The number of nitrogens with zero attached hydrogens (tertiary/aromatic N) is 5. The predicted molar refractivity (Wildman–Crippen MR) is 77.8 cm³/mol. The maximum Gasteiger partial charge on any atom is 0.272 e. The normalized spacial score (nSPS) is 14.5. The Hall–Kier alpha value is -2.48. The number of fused-ring (bicyclic) bond motifs is 1. The van der Waals surface area contributed by atoms with Gasteiger partial charge in [0.15, 0.2) is 0 Å². The van der Waals surface area contributed by atoms with Gasteiger partial charge in [-0.25, -0.2) is 9.67 Å². The van der Waals surface area contributed by atoms with Gasteiger partial charge in [0.05, 0.1) is 38.0 Å². The number of aromatic amines is 1. The van der Waals surface area contributed by atoms with Crippen molar-refractivity contribution >= 4 is 5.91 Å². The van der Waals surface area contributed by atoms with E-state index in [2.05, 4.69) is 26.9 Å². The summed E-state index contributed by atoms with van der Waals surface area (Å²) in [6, 6.07) is 0. The van der Waals surface area contributed by atoms with Gasteiger partial charge < -0.3 is 14.6 Å². The summed E-state index contributed by atoms with van der Waals surface area (Å²) in [7, 11) is 0. The van der Waals surface area contributed by atoms with Crippen LogP contribution in [-0.4, -0.2) is 48.9 Å². The molecule has 0 atom stereocenters. The van der Waals surface area contributed by atoms with Crippen molar-refractivity contribution in [1.82, 2.24) is 29.9 Å². The first-order chi connectivity index (χ1) is 10.8. The molecule has 0 spiro atoms. The Kier molecular flexibility index (Phi) is 4.29. The molecule has 8 nitrogen and oxygen atoms in total. The van der Waals surface area contributed by atoms with E-state index in [0.717, 1.165) is 24.4 Å². The number of H-pyrrole nitrogens is 1. The number of amides is 1. The summed E-state index contributed by atoms with van der Waals surface area (Å²) in [4.78, 5) is 21.0. The maximum absolute atomic E-state index is 12.5. The summed E-state index contributed by atoms with van der Waals surface area (Å²) >= 11 is 0. The van der Waals surface area contributed by atoms with E-state index in [1.165, 1.54) is 12.5 Å². The Bertz CT molecular complexity index is 648. The largest absolute Gasteiger partial charge is 0.371 e. The smallest absolute Gasteiger partial charge is 0.272 e. The lowest BCUT2D eigenvalue weighted by Gasteiger charge is -2.19. The Morgan fingerprint density at radius 3 is 3.18 bits per heavy atom. The number of hydrogen-bond donors (Lipinski definition) is 1. The zero-order chi connectivity index (χ0) is 15.4. The topological polar surface area (TPSA) is 88.9 Å². The molecule has 0 saturated carbocycles. The van der Waals surface area contributed by atoms with Gasteiger partial charge in [-0.15, -0.1) is 11.7 Å². The first kappa shape index (κ1) is 14.5. The second kappa shape index (κ2) is 6.52. The van der Waals surface area contributed by atoms with Gasteiger partial charge in [-0.3, -0.25) is 4.79 Å². The lowest BCUT2D eigenvalue weighted by atomic mass is 10.3. The van der Waals surface area contributed by atoms with E-state index in [1.807, 2.05) is 4.68 Å². The molecule has 1 N–H and O–H groups in total.